The predicted molar refractivity (Wildman–Crippen MR) is 63.7 cm³/mol. The number of rotatable bonds is 1. The Labute approximate surface area is 96.3 Å². The van der Waals surface area contributed by atoms with Gasteiger partial charge in [-0.3, -0.25) is 0 Å². The summed E-state index contributed by atoms with van der Waals surface area (Å²) in [5.74, 6) is 0.146. The van der Waals surface area contributed by atoms with Crippen LogP contribution in [0, 0.1) is 5.82 Å². The summed E-state index contributed by atoms with van der Waals surface area (Å²) in [6.45, 7) is 0. The van der Waals surface area contributed by atoms with Crippen LogP contribution in [0.4, 0.5) is 10.2 Å². The largest absolute Gasteiger partial charge is 0.382 e. The highest BCUT2D eigenvalue weighted by atomic mass is 19.1. The fraction of sp³-hybridized carbons (Fsp3) is 0. The van der Waals surface area contributed by atoms with E-state index in [1.54, 1.807) is 12.1 Å². The van der Waals surface area contributed by atoms with Crippen LogP contribution in [0.1, 0.15) is 0 Å². The number of H-pyrrole nitrogens is 1. The number of nitrogens with one attached hydrogen (secondary N) is 1. The monoisotopic (exact) mass is 228 g/mol. The highest BCUT2D eigenvalue weighted by Crippen LogP contribution is 2.24. The molecule has 0 fully saturated rings. The van der Waals surface area contributed by atoms with Crippen molar-refractivity contribution in [3.8, 4) is 11.3 Å². The van der Waals surface area contributed by atoms with E-state index in [0.717, 1.165) is 16.8 Å². The van der Waals surface area contributed by atoms with Crippen molar-refractivity contribution >= 4 is 16.9 Å². The third-order valence-electron chi connectivity index (χ3n) is 2.60. The molecule has 4 nitrogen and oxygen atoms in total. The molecule has 0 radical (unpaired) electrons. The second-order valence-corrected chi connectivity index (χ2v) is 3.71. The van der Waals surface area contributed by atoms with E-state index in [4.69, 9.17) is 5.73 Å². The van der Waals surface area contributed by atoms with E-state index in [1.807, 2.05) is 6.07 Å². The van der Waals surface area contributed by atoms with Crippen LogP contribution in [-0.4, -0.2) is 15.0 Å². The number of nitrogens with two attached hydrogens (primary N) is 1. The molecule has 0 saturated heterocycles. The number of nitrogens with zero attached hydrogens (tertiary/aromatic N) is 2. The Balaban J connectivity index is 2.18. The molecule has 0 aliphatic rings. The zero-order chi connectivity index (χ0) is 11.8. The van der Waals surface area contributed by atoms with Crippen LogP contribution in [0.15, 0.2) is 36.7 Å². The van der Waals surface area contributed by atoms with Crippen molar-refractivity contribution in [1.82, 2.24) is 15.0 Å². The van der Waals surface area contributed by atoms with Crippen molar-refractivity contribution in [2.24, 2.45) is 0 Å². The van der Waals surface area contributed by atoms with E-state index in [9.17, 15) is 4.39 Å². The van der Waals surface area contributed by atoms with Crippen LogP contribution in [0.5, 0.6) is 0 Å². The van der Waals surface area contributed by atoms with Gasteiger partial charge in [0.05, 0.1) is 5.52 Å². The van der Waals surface area contributed by atoms with Crippen LogP contribution >= 0.6 is 0 Å². The maximum atomic E-state index is 12.8. The molecule has 17 heavy (non-hydrogen) atoms. The standard InChI is InChI=1S/C12H9FN4/c13-8-3-1-7(2-4-8)9-5-10-11(17-9)12(14)16-6-15-10/h1-6,17H,(H2,14,15,16). The lowest BCUT2D eigenvalue weighted by molar-refractivity contribution is 0.628. The van der Waals surface area contributed by atoms with Crippen molar-refractivity contribution in [3.05, 3.63) is 42.5 Å². The molecule has 0 saturated carbocycles. The fourth-order valence-corrected chi connectivity index (χ4v) is 1.74. The molecule has 0 spiro atoms. The maximum absolute atomic E-state index is 12.8. The average molecular weight is 228 g/mol. The molecule has 0 aliphatic carbocycles. The van der Waals surface area contributed by atoms with Gasteiger partial charge in [0, 0.05) is 5.69 Å². The first kappa shape index (κ1) is 9.77. The molecule has 0 atom stereocenters. The minimum atomic E-state index is -0.260. The lowest BCUT2D eigenvalue weighted by Gasteiger charge is -1.96. The van der Waals surface area contributed by atoms with E-state index in [-0.39, 0.29) is 5.82 Å². The second kappa shape index (κ2) is 3.55. The van der Waals surface area contributed by atoms with Crippen molar-refractivity contribution in [3.63, 3.8) is 0 Å². The Bertz CT molecular complexity index is 673. The zero-order valence-electron chi connectivity index (χ0n) is 8.81. The van der Waals surface area contributed by atoms with Gasteiger partial charge in [0.25, 0.3) is 0 Å². The van der Waals surface area contributed by atoms with Gasteiger partial charge in [-0.05, 0) is 35.9 Å². The number of aromatic amines is 1. The summed E-state index contributed by atoms with van der Waals surface area (Å²) in [4.78, 5) is 11.1. The summed E-state index contributed by atoms with van der Waals surface area (Å²) in [7, 11) is 0. The first-order valence-corrected chi connectivity index (χ1v) is 5.09. The Kier molecular flexibility index (Phi) is 2.04. The minimum Gasteiger partial charge on any atom is -0.382 e. The van der Waals surface area contributed by atoms with Crippen LogP contribution in [0.25, 0.3) is 22.3 Å². The number of fused-ring (bicyclic) bond motifs is 1. The fourth-order valence-electron chi connectivity index (χ4n) is 1.74. The van der Waals surface area contributed by atoms with Gasteiger partial charge < -0.3 is 10.7 Å². The highest BCUT2D eigenvalue weighted by molar-refractivity contribution is 5.89. The minimum absolute atomic E-state index is 0.260. The van der Waals surface area contributed by atoms with Crippen molar-refractivity contribution in [2.75, 3.05) is 5.73 Å². The Morgan fingerprint density at radius 3 is 2.59 bits per heavy atom. The Morgan fingerprint density at radius 1 is 1.12 bits per heavy atom. The van der Waals surface area contributed by atoms with E-state index >= 15 is 0 Å². The van der Waals surface area contributed by atoms with Crippen molar-refractivity contribution < 1.29 is 4.39 Å². The lowest BCUT2D eigenvalue weighted by atomic mass is 10.1. The van der Waals surface area contributed by atoms with Crippen molar-refractivity contribution in [1.29, 1.82) is 0 Å². The van der Waals surface area contributed by atoms with Gasteiger partial charge in [-0.2, -0.15) is 0 Å². The molecule has 84 valence electrons. The number of halogens is 1. The van der Waals surface area contributed by atoms with Gasteiger partial charge in [-0.15, -0.1) is 0 Å². The number of aromatic nitrogens is 3. The molecule has 0 amide bonds. The molecule has 2 aromatic heterocycles. The average Bonchev–Trinajstić information content (AvgIpc) is 2.75. The van der Waals surface area contributed by atoms with E-state index in [2.05, 4.69) is 15.0 Å². The normalized spacial score (nSPS) is 10.9. The van der Waals surface area contributed by atoms with Gasteiger partial charge >= 0.3 is 0 Å². The maximum Gasteiger partial charge on any atom is 0.151 e. The molecule has 3 aromatic rings. The predicted octanol–water partition coefficient (Wildman–Crippen LogP) is 2.35. The molecule has 0 bridgehead atoms. The quantitative estimate of drug-likeness (QED) is 0.671. The van der Waals surface area contributed by atoms with Crippen LogP contribution < -0.4 is 5.73 Å². The number of anilines is 1. The molecule has 0 unspecified atom stereocenters. The highest BCUT2D eigenvalue weighted by Gasteiger charge is 2.07. The lowest BCUT2D eigenvalue weighted by Crippen LogP contribution is -1.91. The summed E-state index contributed by atoms with van der Waals surface area (Å²) < 4.78 is 12.8. The zero-order valence-corrected chi connectivity index (χ0v) is 8.81. The molecule has 2 heterocycles. The number of benzene rings is 1. The van der Waals surface area contributed by atoms with Gasteiger partial charge in [0.15, 0.2) is 5.82 Å². The molecule has 3 N–H and O–H groups in total. The van der Waals surface area contributed by atoms with Gasteiger partial charge in [0.2, 0.25) is 0 Å². The van der Waals surface area contributed by atoms with E-state index in [1.165, 1.54) is 18.5 Å². The first-order valence-electron chi connectivity index (χ1n) is 5.09. The van der Waals surface area contributed by atoms with Crippen LogP contribution in [0.3, 0.4) is 0 Å². The number of hydrogen-bond acceptors (Lipinski definition) is 3. The molecule has 5 heteroatoms. The molecular formula is C12H9FN4. The topological polar surface area (TPSA) is 67.6 Å². The molecule has 3 rings (SSSR count). The van der Waals surface area contributed by atoms with Gasteiger partial charge in [0.1, 0.15) is 17.7 Å². The summed E-state index contributed by atoms with van der Waals surface area (Å²) in [5.41, 5.74) is 8.90. The third kappa shape index (κ3) is 1.61. The Morgan fingerprint density at radius 2 is 1.88 bits per heavy atom. The van der Waals surface area contributed by atoms with E-state index in [0.29, 0.717) is 11.3 Å². The van der Waals surface area contributed by atoms with Gasteiger partial charge in [-0.1, -0.05) is 0 Å². The SMILES string of the molecule is Nc1ncnc2cc(-c3ccc(F)cc3)[nH]c12. The molecule has 1 aromatic carbocycles. The van der Waals surface area contributed by atoms with Crippen LogP contribution in [-0.2, 0) is 0 Å². The Hall–Kier alpha value is -2.43. The summed E-state index contributed by atoms with van der Waals surface area (Å²) >= 11 is 0. The number of nitrogen functional groups attached to an aromatic ring is 1. The first-order chi connectivity index (χ1) is 8.24. The van der Waals surface area contributed by atoms with Crippen LogP contribution in [0.2, 0.25) is 0 Å². The summed E-state index contributed by atoms with van der Waals surface area (Å²) in [5, 5.41) is 0. The summed E-state index contributed by atoms with van der Waals surface area (Å²) in [6, 6.07) is 8.08. The van der Waals surface area contributed by atoms with Gasteiger partial charge in [-0.25, -0.2) is 14.4 Å². The second-order valence-electron chi connectivity index (χ2n) is 3.71. The summed E-state index contributed by atoms with van der Waals surface area (Å²) in [6.07, 6.45) is 1.42. The molecule has 0 aliphatic heterocycles. The van der Waals surface area contributed by atoms with Crippen molar-refractivity contribution in [2.45, 2.75) is 0 Å². The third-order valence-corrected chi connectivity index (χ3v) is 2.60. The molecular weight excluding hydrogens is 219 g/mol. The number of hydrogen-bond donors (Lipinski definition) is 2. The van der Waals surface area contributed by atoms with E-state index < -0.39 is 0 Å². The smallest absolute Gasteiger partial charge is 0.151 e.